The molecule has 0 radical (unpaired) electrons. The lowest BCUT2D eigenvalue weighted by atomic mass is 9.95. The zero-order chi connectivity index (χ0) is 13.1. The molecule has 0 aromatic heterocycles. The Morgan fingerprint density at radius 2 is 1.61 bits per heavy atom. The maximum absolute atomic E-state index is 3.47. The molecule has 0 saturated carbocycles. The summed E-state index contributed by atoms with van der Waals surface area (Å²) in [6.07, 6.45) is 4.24. The van der Waals surface area contributed by atoms with E-state index in [4.69, 9.17) is 0 Å². The van der Waals surface area contributed by atoms with Gasteiger partial charge in [-0.25, -0.2) is 0 Å². The maximum atomic E-state index is 3.47. The minimum atomic E-state index is 1.12. The topological polar surface area (TPSA) is 0 Å². The molecule has 0 nitrogen and oxygen atoms in total. The largest absolute Gasteiger partial charge is 0.0871 e. The highest BCUT2D eigenvalue weighted by molar-refractivity contribution is 9.10. The minimum absolute atomic E-state index is 1.12. The minimum Gasteiger partial charge on any atom is -0.0871 e. The van der Waals surface area contributed by atoms with Crippen molar-refractivity contribution in [1.82, 2.24) is 0 Å². The summed E-state index contributed by atoms with van der Waals surface area (Å²) in [6, 6.07) is 13.0. The lowest BCUT2D eigenvalue weighted by molar-refractivity contribution is 1.37. The average molecular weight is 301 g/mol. The molecule has 0 atom stereocenters. The Morgan fingerprint density at radius 1 is 0.944 bits per heavy atom. The summed E-state index contributed by atoms with van der Waals surface area (Å²) in [4.78, 5) is 0. The molecule has 2 rings (SSSR count). The van der Waals surface area contributed by atoms with Crippen LogP contribution < -0.4 is 0 Å². The SMILES string of the molecule is C/C=C/c1cc(C)c(-c2ccc(Br)cc2)cc1C. The molecule has 0 aliphatic carbocycles. The van der Waals surface area contributed by atoms with Crippen LogP contribution in [0.4, 0.5) is 0 Å². The average Bonchev–Trinajstić information content (AvgIpc) is 2.35. The number of allylic oxidation sites excluding steroid dienone is 1. The van der Waals surface area contributed by atoms with Gasteiger partial charge in [0.15, 0.2) is 0 Å². The number of hydrogen-bond acceptors (Lipinski definition) is 0. The third-order valence-corrected chi connectivity index (χ3v) is 3.64. The second kappa shape index (κ2) is 5.53. The van der Waals surface area contributed by atoms with Crippen LogP contribution in [0, 0.1) is 13.8 Å². The second-order valence-corrected chi connectivity index (χ2v) is 5.45. The molecule has 0 saturated heterocycles. The standard InChI is InChI=1S/C17H17Br/c1-4-5-15-10-13(3)17(11-12(15)2)14-6-8-16(18)9-7-14/h4-11H,1-3H3/b5-4+. The molecule has 0 bridgehead atoms. The number of rotatable bonds is 2. The summed E-state index contributed by atoms with van der Waals surface area (Å²) in [7, 11) is 0. The summed E-state index contributed by atoms with van der Waals surface area (Å²) in [5, 5.41) is 0. The van der Waals surface area contributed by atoms with E-state index in [0.29, 0.717) is 0 Å². The van der Waals surface area contributed by atoms with E-state index in [9.17, 15) is 0 Å². The third-order valence-electron chi connectivity index (χ3n) is 3.11. The Hall–Kier alpha value is -1.34. The van der Waals surface area contributed by atoms with Crippen molar-refractivity contribution in [3.05, 3.63) is 63.6 Å². The molecular formula is C17H17Br. The van der Waals surface area contributed by atoms with Crippen molar-refractivity contribution in [3.8, 4) is 11.1 Å². The van der Waals surface area contributed by atoms with Crippen LogP contribution in [0.15, 0.2) is 46.9 Å². The molecule has 2 aromatic carbocycles. The summed E-state index contributed by atoms with van der Waals surface area (Å²) < 4.78 is 1.12. The number of halogens is 1. The van der Waals surface area contributed by atoms with Gasteiger partial charge in [0.05, 0.1) is 0 Å². The number of benzene rings is 2. The van der Waals surface area contributed by atoms with Crippen molar-refractivity contribution < 1.29 is 0 Å². The predicted molar refractivity (Wildman–Crippen MR) is 83.8 cm³/mol. The van der Waals surface area contributed by atoms with Crippen molar-refractivity contribution in [3.63, 3.8) is 0 Å². The Labute approximate surface area is 117 Å². The van der Waals surface area contributed by atoms with E-state index in [1.54, 1.807) is 0 Å². The quantitative estimate of drug-likeness (QED) is 0.661. The van der Waals surface area contributed by atoms with Gasteiger partial charge in [-0.1, -0.05) is 52.3 Å². The molecule has 0 aliphatic heterocycles. The first kappa shape index (κ1) is 13.1. The molecule has 0 unspecified atom stereocenters. The Balaban J connectivity index is 2.52. The molecule has 0 N–H and O–H groups in total. The fourth-order valence-electron chi connectivity index (χ4n) is 2.14. The molecule has 2 aromatic rings. The first-order chi connectivity index (χ1) is 8.61. The van der Waals surface area contributed by atoms with Gasteiger partial charge in [-0.05, 0) is 60.7 Å². The highest BCUT2D eigenvalue weighted by Crippen LogP contribution is 2.28. The summed E-state index contributed by atoms with van der Waals surface area (Å²) in [5.41, 5.74) is 6.52. The van der Waals surface area contributed by atoms with E-state index in [-0.39, 0.29) is 0 Å². The van der Waals surface area contributed by atoms with Crippen LogP contribution in [0.3, 0.4) is 0 Å². The summed E-state index contributed by atoms with van der Waals surface area (Å²) in [6.45, 7) is 6.39. The monoisotopic (exact) mass is 300 g/mol. The molecule has 1 heteroatoms. The van der Waals surface area contributed by atoms with E-state index in [0.717, 1.165) is 4.47 Å². The van der Waals surface area contributed by atoms with Crippen LogP contribution in [-0.4, -0.2) is 0 Å². The predicted octanol–water partition coefficient (Wildman–Crippen LogP) is 5.77. The fraction of sp³-hybridized carbons (Fsp3) is 0.176. The zero-order valence-corrected chi connectivity index (χ0v) is 12.6. The summed E-state index contributed by atoms with van der Waals surface area (Å²) >= 11 is 3.47. The van der Waals surface area contributed by atoms with E-state index in [1.807, 2.05) is 0 Å². The number of hydrogen-bond donors (Lipinski definition) is 0. The molecule has 0 aliphatic rings. The molecule has 0 spiro atoms. The van der Waals surface area contributed by atoms with Gasteiger partial charge in [-0.15, -0.1) is 0 Å². The second-order valence-electron chi connectivity index (χ2n) is 4.53. The van der Waals surface area contributed by atoms with Crippen LogP contribution in [0.2, 0.25) is 0 Å². The van der Waals surface area contributed by atoms with Crippen LogP contribution in [0.5, 0.6) is 0 Å². The molecule has 0 heterocycles. The Morgan fingerprint density at radius 3 is 2.22 bits per heavy atom. The first-order valence-electron chi connectivity index (χ1n) is 6.11. The van der Waals surface area contributed by atoms with E-state index in [1.165, 1.54) is 27.8 Å². The third kappa shape index (κ3) is 2.73. The van der Waals surface area contributed by atoms with Gasteiger partial charge in [-0.3, -0.25) is 0 Å². The normalized spacial score (nSPS) is 11.1. The molecule has 0 amide bonds. The lowest BCUT2D eigenvalue weighted by Gasteiger charge is -2.10. The first-order valence-corrected chi connectivity index (χ1v) is 6.91. The smallest absolute Gasteiger partial charge is 0.0175 e. The van der Waals surface area contributed by atoms with Gasteiger partial charge in [0.25, 0.3) is 0 Å². The van der Waals surface area contributed by atoms with Gasteiger partial charge in [0, 0.05) is 4.47 Å². The highest BCUT2D eigenvalue weighted by atomic mass is 79.9. The zero-order valence-electron chi connectivity index (χ0n) is 11.0. The van der Waals surface area contributed by atoms with Crippen molar-refractivity contribution in [1.29, 1.82) is 0 Å². The molecular weight excluding hydrogens is 284 g/mol. The summed E-state index contributed by atoms with van der Waals surface area (Å²) in [5.74, 6) is 0. The van der Waals surface area contributed by atoms with Crippen LogP contribution >= 0.6 is 15.9 Å². The van der Waals surface area contributed by atoms with Crippen molar-refractivity contribution in [2.45, 2.75) is 20.8 Å². The molecule has 18 heavy (non-hydrogen) atoms. The number of aryl methyl sites for hydroxylation is 2. The van der Waals surface area contributed by atoms with E-state index in [2.05, 4.69) is 85.3 Å². The molecule has 0 fully saturated rings. The van der Waals surface area contributed by atoms with Crippen LogP contribution in [0.25, 0.3) is 17.2 Å². The van der Waals surface area contributed by atoms with Gasteiger partial charge in [0.2, 0.25) is 0 Å². The maximum Gasteiger partial charge on any atom is 0.0175 e. The van der Waals surface area contributed by atoms with Crippen LogP contribution in [0.1, 0.15) is 23.6 Å². The lowest BCUT2D eigenvalue weighted by Crippen LogP contribution is -1.89. The van der Waals surface area contributed by atoms with Crippen molar-refractivity contribution in [2.75, 3.05) is 0 Å². The molecule has 92 valence electrons. The van der Waals surface area contributed by atoms with Gasteiger partial charge in [0.1, 0.15) is 0 Å². The van der Waals surface area contributed by atoms with Crippen molar-refractivity contribution in [2.24, 2.45) is 0 Å². The van der Waals surface area contributed by atoms with Crippen molar-refractivity contribution >= 4 is 22.0 Å². The van der Waals surface area contributed by atoms with Gasteiger partial charge in [-0.2, -0.15) is 0 Å². The fourth-order valence-corrected chi connectivity index (χ4v) is 2.40. The van der Waals surface area contributed by atoms with Gasteiger partial charge >= 0.3 is 0 Å². The van der Waals surface area contributed by atoms with E-state index < -0.39 is 0 Å². The highest BCUT2D eigenvalue weighted by Gasteiger charge is 2.05. The van der Waals surface area contributed by atoms with Gasteiger partial charge < -0.3 is 0 Å². The van der Waals surface area contributed by atoms with E-state index >= 15 is 0 Å². The van der Waals surface area contributed by atoms with Crippen LogP contribution in [-0.2, 0) is 0 Å². The Bertz CT molecular complexity index is 577. The Kier molecular flexibility index (Phi) is 4.03.